The summed E-state index contributed by atoms with van der Waals surface area (Å²) in [5, 5.41) is 6.98. The Hall–Kier alpha value is -1.06. The highest BCUT2D eigenvalue weighted by Gasteiger charge is 2.24. The molecule has 2 atom stereocenters. The summed E-state index contributed by atoms with van der Waals surface area (Å²) in [5.74, 6) is 0.961. The predicted molar refractivity (Wildman–Crippen MR) is 70.6 cm³/mol. The fourth-order valence-corrected chi connectivity index (χ4v) is 2.69. The summed E-state index contributed by atoms with van der Waals surface area (Å²) in [5.41, 5.74) is 2.54. The van der Waals surface area contributed by atoms with Gasteiger partial charge in [0.1, 0.15) is 5.75 Å². The van der Waals surface area contributed by atoms with Gasteiger partial charge in [0.2, 0.25) is 0 Å². The predicted octanol–water partition coefficient (Wildman–Crippen LogP) is 2.02. The normalized spacial score (nSPS) is 21.5. The maximum atomic E-state index is 5.30. The minimum Gasteiger partial charge on any atom is -0.496 e. The van der Waals surface area contributed by atoms with Crippen molar-refractivity contribution < 1.29 is 4.74 Å². The van der Waals surface area contributed by atoms with Crippen molar-refractivity contribution in [1.82, 2.24) is 10.6 Å². The summed E-state index contributed by atoms with van der Waals surface area (Å²) < 4.78 is 5.30. The van der Waals surface area contributed by atoms with E-state index in [0.717, 1.165) is 12.3 Å². The SMILES string of the molecule is CNC(c1ccc(OC)c(C)c1)C1CCCN1. The topological polar surface area (TPSA) is 33.3 Å². The van der Waals surface area contributed by atoms with Crippen LogP contribution >= 0.6 is 0 Å². The van der Waals surface area contributed by atoms with Crippen LogP contribution in [0.3, 0.4) is 0 Å². The highest BCUT2D eigenvalue weighted by Crippen LogP contribution is 2.27. The van der Waals surface area contributed by atoms with Crippen LogP contribution in [-0.4, -0.2) is 26.7 Å². The Morgan fingerprint density at radius 3 is 2.82 bits per heavy atom. The second-order valence-corrected chi connectivity index (χ2v) is 4.70. The van der Waals surface area contributed by atoms with Gasteiger partial charge in [0.15, 0.2) is 0 Å². The van der Waals surface area contributed by atoms with E-state index in [2.05, 4.69) is 35.8 Å². The molecule has 2 rings (SSSR count). The van der Waals surface area contributed by atoms with Gasteiger partial charge in [0, 0.05) is 12.1 Å². The molecule has 1 aromatic rings. The standard InChI is InChI=1S/C14H22N2O/c1-10-9-11(6-7-13(10)17-3)14(15-2)12-5-4-8-16-12/h6-7,9,12,14-16H,4-5,8H2,1-3H3. The van der Waals surface area contributed by atoms with E-state index in [1.807, 2.05) is 7.05 Å². The highest BCUT2D eigenvalue weighted by atomic mass is 16.5. The van der Waals surface area contributed by atoms with Crippen LogP contribution in [0.1, 0.15) is 30.0 Å². The first-order valence-corrected chi connectivity index (χ1v) is 6.31. The van der Waals surface area contributed by atoms with Crippen LogP contribution in [0.5, 0.6) is 5.75 Å². The zero-order valence-electron chi connectivity index (χ0n) is 10.9. The van der Waals surface area contributed by atoms with Crippen molar-refractivity contribution in [2.75, 3.05) is 20.7 Å². The maximum absolute atomic E-state index is 5.30. The largest absolute Gasteiger partial charge is 0.496 e. The maximum Gasteiger partial charge on any atom is 0.121 e. The Morgan fingerprint density at radius 1 is 1.47 bits per heavy atom. The van der Waals surface area contributed by atoms with Crippen LogP contribution in [0.25, 0.3) is 0 Å². The first kappa shape index (κ1) is 12.4. The highest BCUT2D eigenvalue weighted by molar-refractivity contribution is 5.37. The third-order valence-corrected chi connectivity index (χ3v) is 3.59. The van der Waals surface area contributed by atoms with Gasteiger partial charge >= 0.3 is 0 Å². The van der Waals surface area contributed by atoms with E-state index in [0.29, 0.717) is 12.1 Å². The number of ether oxygens (including phenoxy) is 1. The van der Waals surface area contributed by atoms with Gasteiger partial charge in [-0.1, -0.05) is 12.1 Å². The van der Waals surface area contributed by atoms with Crippen LogP contribution in [0.2, 0.25) is 0 Å². The average Bonchev–Trinajstić information content (AvgIpc) is 2.84. The summed E-state index contributed by atoms with van der Waals surface area (Å²) >= 11 is 0. The molecule has 0 radical (unpaired) electrons. The molecule has 1 aliphatic rings. The van der Waals surface area contributed by atoms with E-state index in [9.17, 15) is 0 Å². The molecule has 2 unspecified atom stereocenters. The minimum atomic E-state index is 0.391. The molecule has 1 aliphatic heterocycles. The summed E-state index contributed by atoms with van der Waals surface area (Å²) in [6.07, 6.45) is 2.52. The first-order valence-electron chi connectivity index (χ1n) is 6.31. The third kappa shape index (κ3) is 2.61. The van der Waals surface area contributed by atoms with E-state index in [1.165, 1.54) is 24.0 Å². The molecule has 0 bridgehead atoms. The fraction of sp³-hybridized carbons (Fsp3) is 0.571. The number of aryl methyl sites for hydroxylation is 1. The Bertz CT molecular complexity index is 372. The number of likely N-dealkylation sites (N-methyl/N-ethyl adjacent to an activating group) is 1. The van der Waals surface area contributed by atoms with Gasteiger partial charge in [-0.25, -0.2) is 0 Å². The van der Waals surface area contributed by atoms with Crippen molar-refractivity contribution in [2.45, 2.75) is 31.8 Å². The van der Waals surface area contributed by atoms with Gasteiger partial charge < -0.3 is 15.4 Å². The summed E-state index contributed by atoms with van der Waals surface area (Å²) in [4.78, 5) is 0. The number of hydrogen-bond acceptors (Lipinski definition) is 3. The Balaban J connectivity index is 2.21. The van der Waals surface area contributed by atoms with Crippen molar-refractivity contribution in [1.29, 1.82) is 0 Å². The van der Waals surface area contributed by atoms with Crippen molar-refractivity contribution in [2.24, 2.45) is 0 Å². The molecule has 0 spiro atoms. The van der Waals surface area contributed by atoms with Gasteiger partial charge in [0.05, 0.1) is 7.11 Å². The van der Waals surface area contributed by atoms with Gasteiger partial charge in [-0.3, -0.25) is 0 Å². The molecule has 1 saturated heterocycles. The number of benzene rings is 1. The van der Waals surface area contributed by atoms with Gasteiger partial charge in [-0.15, -0.1) is 0 Å². The van der Waals surface area contributed by atoms with E-state index < -0.39 is 0 Å². The summed E-state index contributed by atoms with van der Waals surface area (Å²) in [6.45, 7) is 3.23. The van der Waals surface area contributed by atoms with Crippen LogP contribution in [-0.2, 0) is 0 Å². The lowest BCUT2D eigenvalue weighted by molar-refractivity contribution is 0.409. The molecule has 17 heavy (non-hydrogen) atoms. The van der Waals surface area contributed by atoms with Gasteiger partial charge in [-0.2, -0.15) is 0 Å². The molecule has 0 amide bonds. The number of hydrogen-bond donors (Lipinski definition) is 2. The minimum absolute atomic E-state index is 0.391. The molecule has 3 heteroatoms. The van der Waals surface area contributed by atoms with E-state index >= 15 is 0 Å². The summed E-state index contributed by atoms with van der Waals surface area (Å²) in [7, 11) is 3.75. The van der Waals surface area contributed by atoms with Crippen LogP contribution < -0.4 is 15.4 Å². The first-order chi connectivity index (χ1) is 8.26. The molecular weight excluding hydrogens is 212 g/mol. The van der Waals surface area contributed by atoms with Crippen molar-refractivity contribution in [3.8, 4) is 5.75 Å². The zero-order valence-corrected chi connectivity index (χ0v) is 10.9. The van der Waals surface area contributed by atoms with Crippen molar-refractivity contribution in [3.05, 3.63) is 29.3 Å². The number of nitrogens with one attached hydrogen (secondary N) is 2. The van der Waals surface area contributed by atoms with Gasteiger partial charge in [-0.05, 0) is 50.6 Å². The smallest absolute Gasteiger partial charge is 0.121 e. The lowest BCUT2D eigenvalue weighted by Gasteiger charge is -2.24. The van der Waals surface area contributed by atoms with E-state index in [4.69, 9.17) is 4.74 Å². The molecule has 1 fully saturated rings. The van der Waals surface area contributed by atoms with Crippen LogP contribution in [0.15, 0.2) is 18.2 Å². The van der Waals surface area contributed by atoms with E-state index in [1.54, 1.807) is 7.11 Å². The second-order valence-electron chi connectivity index (χ2n) is 4.70. The molecule has 1 aromatic carbocycles. The van der Waals surface area contributed by atoms with Crippen molar-refractivity contribution in [3.63, 3.8) is 0 Å². The lowest BCUT2D eigenvalue weighted by Crippen LogP contribution is -2.36. The molecule has 1 heterocycles. The van der Waals surface area contributed by atoms with Gasteiger partial charge in [0.25, 0.3) is 0 Å². The molecular formula is C14H22N2O. The molecule has 0 saturated carbocycles. The monoisotopic (exact) mass is 234 g/mol. The average molecular weight is 234 g/mol. The quantitative estimate of drug-likeness (QED) is 0.836. The Morgan fingerprint density at radius 2 is 2.29 bits per heavy atom. The molecule has 0 aromatic heterocycles. The molecule has 2 N–H and O–H groups in total. The number of methoxy groups -OCH3 is 1. The zero-order chi connectivity index (χ0) is 12.3. The van der Waals surface area contributed by atoms with Crippen LogP contribution in [0, 0.1) is 6.92 Å². The number of rotatable bonds is 4. The van der Waals surface area contributed by atoms with Crippen molar-refractivity contribution >= 4 is 0 Å². The fourth-order valence-electron chi connectivity index (χ4n) is 2.69. The van der Waals surface area contributed by atoms with Crippen LogP contribution in [0.4, 0.5) is 0 Å². The Labute approximate surface area is 104 Å². The lowest BCUT2D eigenvalue weighted by atomic mass is 9.96. The second kappa shape index (κ2) is 5.52. The molecule has 94 valence electrons. The third-order valence-electron chi connectivity index (χ3n) is 3.59. The molecule has 3 nitrogen and oxygen atoms in total. The van der Waals surface area contributed by atoms with E-state index in [-0.39, 0.29) is 0 Å². The summed E-state index contributed by atoms with van der Waals surface area (Å²) in [6, 6.07) is 7.38. The molecule has 0 aliphatic carbocycles. The Kier molecular flexibility index (Phi) is 4.02.